The number of pyridine rings is 1. The van der Waals surface area contributed by atoms with Crippen LogP contribution in [0.4, 0.5) is 0 Å². The maximum Gasteiger partial charge on any atom is 0.322 e. The molecule has 0 fully saturated rings. The van der Waals surface area contributed by atoms with Crippen LogP contribution >= 0.6 is 0 Å². The van der Waals surface area contributed by atoms with Gasteiger partial charge in [0.25, 0.3) is 0 Å². The second kappa shape index (κ2) is 8.38. The normalized spacial score (nSPS) is 11.4. The Kier molecular flexibility index (Phi) is 7.61. The molecule has 0 saturated heterocycles. The van der Waals surface area contributed by atoms with Crippen LogP contribution in [0.1, 0.15) is 16.8 Å². The average Bonchev–Trinajstić information content (AvgIpc) is 2.41. The van der Waals surface area contributed by atoms with Crippen LogP contribution in [0.2, 0.25) is 0 Å². The van der Waals surface area contributed by atoms with Gasteiger partial charge in [0.15, 0.2) is 0 Å². The van der Waals surface area contributed by atoms with E-state index in [0.717, 1.165) is 0 Å². The van der Waals surface area contributed by atoms with Gasteiger partial charge in [-0.2, -0.15) is 0 Å². The van der Waals surface area contributed by atoms with Crippen LogP contribution in [-0.4, -0.2) is 49.1 Å². The van der Waals surface area contributed by atoms with E-state index in [-0.39, 0.29) is 19.0 Å². The molecule has 19 heavy (non-hydrogen) atoms. The summed E-state index contributed by atoms with van der Waals surface area (Å²) in [5.74, 6) is -1.22. The number of carboxylic acids is 1. The summed E-state index contributed by atoms with van der Waals surface area (Å²) in [6.07, 6.45) is 1.45. The minimum Gasteiger partial charge on any atom is -0.506 e. The van der Waals surface area contributed by atoms with Gasteiger partial charge >= 0.3 is 5.97 Å². The predicted molar refractivity (Wildman–Crippen MR) is 65.2 cm³/mol. The molecule has 0 saturated carbocycles. The lowest BCUT2D eigenvalue weighted by Gasteiger charge is -2.07. The number of nitrogens with zero attached hydrogens (tertiary/aromatic N) is 1. The third kappa shape index (κ3) is 5.18. The highest BCUT2D eigenvalue weighted by Gasteiger charge is 2.09. The number of rotatable bonds is 4. The molecule has 8 nitrogen and oxygen atoms in total. The number of hydrogen-bond donors (Lipinski definition) is 6. The van der Waals surface area contributed by atoms with Crippen molar-refractivity contribution in [2.24, 2.45) is 5.73 Å². The van der Waals surface area contributed by atoms with Crippen LogP contribution in [-0.2, 0) is 18.0 Å². The molecule has 8 heteroatoms. The zero-order chi connectivity index (χ0) is 15.0. The second-order valence-electron chi connectivity index (χ2n) is 3.64. The number of aliphatic hydroxyl groups excluding tert-OH is 3. The van der Waals surface area contributed by atoms with Crippen molar-refractivity contribution in [2.45, 2.75) is 26.2 Å². The topological polar surface area (TPSA) is 157 Å². The summed E-state index contributed by atoms with van der Waals surface area (Å²) in [6.45, 7) is 0.618. The zero-order valence-corrected chi connectivity index (χ0v) is 10.4. The van der Waals surface area contributed by atoms with Gasteiger partial charge in [-0.25, -0.2) is 0 Å². The van der Waals surface area contributed by atoms with Gasteiger partial charge in [-0.15, -0.1) is 0 Å². The van der Waals surface area contributed by atoms with E-state index >= 15 is 0 Å². The molecule has 0 aliphatic carbocycles. The van der Waals surface area contributed by atoms with Crippen molar-refractivity contribution >= 4 is 5.97 Å². The van der Waals surface area contributed by atoms with Crippen LogP contribution in [0.25, 0.3) is 0 Å². The van der Waals surface area contributed by atoms with Crippen molar-refractivity contribution in [3.8, 4) is 5.75 Å². The fourth-order valence-corrected chi connectivity index (χ4v) is 1.08. The Bertz CT molecular complexity index is 424. The molecule has 0 aliphatic rings. The molecule has 0 aromatic carbocycles. The highest BCUT2D eigenvalue weighted by molar-refractivity contribution is 5.73. The van der Waals surface area contributed by atoms with Crippen molar-refractivity contribution < 1.29 is 30.3 Å². The molecule has 1 rings (SSSR count). The van der Waals surface area contributed by atoms with Gasteiger partial charge in [-0.1, -0.05) is 0 Å². The van der Waals surface area contributed by atoms with Gasteiger partial charge in [0.1, 0.15) is 11.8 Å². The first-order valence-electron chi connectivity index (χ1n) is 5.36. The first-order chi connectivity index (χ1) is 8.88. The first-order valence-corrected chi connectivity index (χ1v) is 5.36. The van der Waals surface area contributed by atoms with Crippen LogP contribution in [0.5, 0.6) is 5.75 Å². The van der Waals surface area contributed by atoms with Crippen LogP contribution in [0.3, 0.4) is 0 Å². The quantitative estimate of drug-likeness (QED) is 0.386. The van der Waals surface area contributed by atoms with E-state index in [1.807, 2.05) is 0 Å². The third-order valence-electron chi connectivity index (χ3n) is 2.27. The molecule has 0 bridgehead atoms. The lowest BCUT2D eigenvalue weighted by atomic mass is 10.1. The predicted octanol–water partition coefficient (Wildman–Crippen LogP) is -1.53. The van der Waals surface area contributed by atoms with E-state index in [4.69, 9.17) is 26.2 Å². The van der Waals surface area contributed by atoms with Gasteiger partial charge in [-0.3, -0.25) is 9.78 Å². The molecule has 1 aromatic heterocycles. The molecule has 0 aliphatic heterocycles. The molecule has 1 heterocycles. The fraction of sp³-hybridized carbons (Fsp3) is 0.455. The summed E-state index contributed by atoms with van der Waals surface area (Å²) in [7, 11) is 0. The van der Waals surface area contributed by atoms with Crippen molar-refractivity contribution in [1.29, 1.82) is 0 Å². The van der Waals surface area contributed by atoms with Gasteiger partial charge in [0.2, 0.25) is 0 Å². The molecule has 0 radical (unpaired) electrons. The second-order valence-corrected chi connectivity index (χ2v) is 3.64. The molecule has 1 aromatic rings. The average molecular weight is 274 g/mol. The Balaban J connectivity index is 0.000000399. The summed E-state index contributed by atoms with van der Waals surface area (Å²) in [5, 5.41) is 42.9. The van der Waals surface area contributed by atoms with Gasteiger partial charge < -0.3 is 31.3 Å². The van der Waals surface area contributed by atoms with Crippen LogP contribution in [0.15, 0.2) is 6.20 Å². The number of carboxylic acid groups (broad SMARTS) is 1. The van der Waals surface area contributed by atoms with E-state index < -0.39 is 18.6 Å². The van der Waals surface area contributed by atoms with Crippen LogP contribution in [0, 0.1) is 6.92 Å². The summed E-state index contributed by atoms with van der Waals surface area (Å²) in [5.41, 5.74) is 6.03. The highest BCUT2D eigenvalue weighted by atomic mass is 16.4. The molecular formula is C11H18N2O6. The Morgan fingerprint density at radius 2 is 1.95 bits per heavy atom. The Labute approximate surface area is 109 Å². The third-order valence-corrected chi connectivity index (χ3v) is 2.27. The number of carbonyl (C=O) groups is 1. The Morgan fingerprint density at radius 1 is 1.37 bits per heavy atom. The summed E-state index contributed by atoms with van der Waals surface area (Å²) >= 11 is 0. The summed E-state index contributed by atoms with van der Waals surface area (Å²) < 4.78 is 0. The van der Waals surface area contributed by atoms with Gasteiger partial charge in [0, 0.05) is 17.3 Å². The van der Waals surface area contributed by atoms with Gasteiger partial charge in [-0.05, 0) is 6.92 Å². The molecule has 7 N–H and O–H groups in total. The smallest absolute Gasteiger partial charge is 0.322 e. The maximum absolute atomic E-state index is 9.65. The zero-order valence-electron chi connectivity index (χ0n) is 10.4. The van der Waals surface area contributed by atoms with E-state index in [1.54, 1.807) is 6.92 Å². The highest BCUT2D eigenvalue weighted by Crippen LogP contribution is 2.23. The van der Waals surface area contributed by atoms with E-state index in [0.29, 0.717) is 16.8 Å². The van der Waals surface area contributed by atoms with Crippen LogP contribution < -0.4 is 5.73 Å². The van der Waals surface area contributed by atoms with Crippen molar-refractivity contribution in [3.05, 3.63) is 23.0 Å². The molecule has 108 valence electrons. The summed E-state index contributed by atoms with van der Waals surface area (Å²) in [6, 6.07) is -1.13. The summed E-state index contributed by atoms with van der Waals surface area (Å²) in [4.78, 5) is 13.5. The molecule has 0 spiro atoms. The Morgan fingerprint density at radius 3 is 2.26 bits per heavy atom. The number of aliphatic hydroxyl groups is 3. The first kappa shape index (κ1) is 17.3. The monoisotopic (exact) mass is 274 g/mol. The lowest BCUT2D eigenvalue weighted by Crippen LogP contribution is -2.33. The van der Waals surface area contributed by atoms with E-state index in [9.17, 15) is 9.90 Å². The van der Waals surface area contributed by atoms with E-state index in [1.165, 1.54) is 6.20 Å². The number of hydrogen-bond acceptors (Lipinski definition) is 7. The van der Waals surface area contributed by atoms with Crippen molar-refractivity contribution in [3.63, 3.8) is 0 Å². The number of aliphatic carboxylic acids is 1. The van der Waals surface area contributed by atoms with Crippen molar-refractivity contribution in [2.75, 3.05) is 6.61 Å². The minimum absolute atomic E-state index is 0.0379. The van der Waals surface area contributed by atoms with Gasteiger partial charge in [0.05, 0.1) is 25.5 Å². The number of aryl methyl sites for hydroxylation is 1. The van der Waals surface area contributed by atoms with Crippen molar-refractivity contribution in [1.82, 2.24) is 4.98 Å². The molecule has 1 atom stereocenters. The molecule has 0 amide bonds. The number of aromatic nitrogens is 1. The molecular weight excluding hydrogens is 256 g/mol. The number of aromatic hydroxyl groups is 1. The van der Waals surface area contributed by atoms with E-state index in [2.05, 4.69) is 4.98 Å². The largest absolute Gasteiger partial charge is 0.506 e. The molecule has 0 unspecified atom stereocenters. The minimum atomic E-state index is -1.18. The standard InChI is InChI=1S/C8H11NO3.C3H7NO3/c1-5-8(12)7(4-11)6(3-10)2-9-5;4-2(1-5)3(6)7/h2,10-12H,3-4H2,1H3;2,5H,1,4H2,(H,6,7)/t;2-/m.0/s1. The maximum atomic E-state index is 9.65. The fourth-order valence-electron chi connectivity index (χ4n) is 1.08. The number of nitrogens with two attached hydrogens (primary N) is 1. The Hall–Kier alpha value is -1.74. The SMILES string of the molecule is Cc1ncc(CO)c(CO)c1O.N[C@@H](CO)C(=O)O. The lowest BCUT2D eigenvalue weighted by molar-refractivity contribution is -0.139.